The lowest BCUT2D eigenvalue weighted by Gasteiger charge is -2.11. The maximum Gasteiger partial charge on any atom is 0.446 e. The van der Waals surface area contributed by atoms with Crippen molar-refractivity contribution in [1.29, 1.82) is 0 Å². The first-order valence-electron chi connectivity index (χ1n) is 33.0. The van der Waals surface area contributed by atoms with Gasteiger partial charge in [0.2, 0.25) is 9.05 Å². The molecule has 2 atom stereocenters. The molecule has 0 saturated carbocycles. The smallest absolute Gasteiger partial charge is 0.446 e. The number of aromatic hydroxyl groups is 3. The van der Waals surface area contributed by atoms with Gasteiger partial charge in [-0.2, -0.15) is 61.1 Å². The molecule has 4 aliphatic rings. The molecule has 0 bridgehead atoms. The summed E-state index contributed by atoms with van der Waals surface area (Å²) in [5, 5.41) is 56.6. The molecule has 4 aliphatic carbocycles. The number of Topliss-reactive ketones (excluding diaryl/α,β-unsaturated/α-hetero) is 4. The van der Waals surface area contributed by atoms with Crippen molar-refractivity contribution in [2.45, 2.75) is 120 Å². The van der Waals surface area contributed by atoms with Crippen LogP contribution in [0.3, 0.4) is 0 Å². The topological polar surface area (TPSA) is 293 Å². The van der Waals surface area contributed by atoms with Crippen LogP contribution in [0.1, 0.15) is 128 Å². The van der Waals surface area contributed by atoms with Crippen LogP contribution in [-0.2, 0) is 77.5 Å². The number of methoxy groups -OCH3 is 1. The number of phenolic OH excluding ortho intramolecular Hbond substituents is 1. The molecule has 12 rings (SSSR count). The van der Waals surface area contributed by atoms with E-state index in [2.05, 4.69) is 10.7 Å². The van der Waals surface area contributed by atoms with Crippen LogP contribution in [0.15, 0.2) is 171 Å². The molecule has 2 unspecified atom stereocenters. The Balaban J connectivity index is 0.000000196. The molecule has 0 radical (unpaired) electrons. The maximum atomic E-state index is 12.8. The van der Waals surface area contributed by atoms with Crippen LogP contribution >= 0.6 is 57.7 Å². The van der Waals surface area contributed by atoms with E-state index in [-0.39, 0.29) is 149 Å². The highest BCUT2D eigenvalue weighted by Gasteiger charge is 2.37. The van der Waals surface area contributed by atoms with Gasteiger partial charge in [0.1, 0.15) is 23.5 Å². The number of hydrogen-bond acceptors (Lipinski definition) is 21. The minimum absolute atomic E-state index is 0.00849. The van der Waals surface area contributed by atoms with Crippen molar-refractivity contribution in [2.75, 3.05) is 18.6 Å². The van der Waals surface area contributed by atoms with Crippen LogP contribution in [0.5, 0.6) is 28.7 Å². The summed E-state index contributed by atoms with van der Waals surface area (Å²) in [6.45, 7) is 1.96. The molecule has 0 heterocycles. The molecule has 0 fully saturated rings. The number of aryl methyl sites for hydroxylation is 1. The zero-order valence-corrected chi connectivity index (χ0v) is 64.3. The number of rotatable bonds is 18. The summed E-state index contributed by atoms with van der Waals surface area (Å²) in [6, 6.07) is 35.0. The lowest BCUT2D eigenvalue weighted by molar-refractivity contribution is -0.0337. The predicted octanol–water partition coefficient (Wildman–Crippen LogP) is 17.7. The lowest BCUT2D eigenvalue weighted by Crippen LogP contribution is -2.14. The van der Waals surface area contributed by atoms with Gasteiger partial charge in [-0.1, -0.05) is 55.5 Å². The number of phenols is 3. The van der Waals surface area contributed by atoms with E-state index in [1.807, 2.05) is 0 Å². The van der Waals surface area contributed by atoms with Crippen molar-refractivity contribution >= 4 is 112 Å². The number of alkyl halides is 12. The average Bonchev–Trinajstić information content (AvgIpc) is 1.64. The lowest BCUT2D eigenvalue weighted by atomic mass is 9.96. The van der Waals surface area contributed by atoms with E-state index in [0.29, 0.717) is 106 Å². The summed E-state index contributed by atoms with van der Waals surface area (Å²) in [7, 11) is -0.898. The van der Waals surface area contributed by atoms with Crippen LogP contribution in [-0.4, -0.2) is 118 Å². The number of allylic oxidation sites excluding steroid dienone is 1. The number of thioether (sulfide) groups is 4. The van der Waals surface area contributed by atoms with Crippen LogP contribution in [0.2, 0.25) is 0 Å². The van der Waals surface area contributed by atoms with E-state index in [0.717, 1.165) is 34.2 Å². The fourth-order valence-electron chi connectivity index (χ4n) is 11.5. The zero-order valence-electron chi connectivity index (χ0n) is 58.7. The summed E-state index contributed by atoms with van der Waals surface area (Å²) >= 11 is -0.746. The molecule has 6 N–H and O–H groups in total. The van der Waals surface area contributed by atoms with E-state index in [1.165, 1.54) is 118 Å². The molecule has 8 aromatic rings. The number of halogens is 13. The van der Waals surface area contributed by atoms with Gasteiger partial charge in [0, 0.05) is 105 Å². The van der Waals surface area contributed by atoms with Gasteiger partial charge in [0.25, 0.3) is 0 Å². The van der Waals surface area contributed by atoms with Crippen molar-refractivity contribution in [2.24, 2.45) is 11.8 Å². The number of hydrogen-bond donors (Lipinski definition) is 6. The fourth-order valence-corrected chi connectivity index (χ4v) is 14.2. The number of ether oxygens (including phenoxy) is 1. The molecule has 8 aromatic carbocycles. The number of carbonyl (C=O) groups excluding carboxylic acids is 5. The molecule has 0 aromatic heterocycles. The second kappa shape index (κ2) is 39.0. The summed E-state index contributed by atoms with van der Waals surface area (Å²) in [6.07, 6.45) is 5.48. The Hall–Kier alpha value is -8.52. The highest BCUT2D eigenvalue weighted by Crippen LogP contribution is 2.43. The van der Waals surface area contributed by atoms with E-state index in [1.54, 1.807) is 54.6 Å². The van der Waals surface area contributed by atoms with Gasteiger partial charge >= 0.3 is 32.2 Å². The number of aliphatic hydroxyl groups excluding tert-OH is 3. The normalized spacial score (nSPS) is 15.3. The first-order valence-corrected chi connectivity index (χ1v) is 40.3. The SMILES string of the molecule is CCS(=O)(=O)Cl.CCS(=O)(=O)Oc1cc2c(cc1CO)CC(Cc1ccc(SC(F)(F)F)cc1)C2=O.COc1cc2c(cc1O)C(=O)/C(=C/c1ccc(SC(F)(F)F)cc1)C2.O=C1CCc2cc(CO)c(O)cc21.O=C1c2cc(O)c(CO)cc2CC1Cc1ccc(SC(F)(F)F)cc1.O=Cc1ccc(SC(F)(F)F)cc1. The largest absolute Gasteiger partial charge is 0.508 e. The maximum absolute atomic E-state index is 12.8. The molecule has 36 heteroatoms. The van der Waals surface area contributed by atoms with Gasteiger partial charge in [-0.3, -0.25) is 24.0 Å². The molecule has 0 spiro atoms. The van der Waals surface area contributed by atoms with Crippen LogP contribution in [0.25, 0.3) is 6.08 Å². The van der Waals surface area contributed by atoms with Crippen LogP contribution in [0, 0.1) is 11.8 Å². The van der Waals surface area contributed by atoms with E-state index in [9.17, 15) is 119 Å². The van der Waals surface area contributed by atoms with Gasteiger partial charge in [0.15, 0.2) is 34.6 Å². The van der Waals surface area contributed by atoms with Gasteiger partial charge in [-0.05, 0) is 228 Å². The second-order valence-corrected chi connectivity index (χ2v) is 34.1. The third kappa shape index (κ3) is 27.4. The monoisotopic (exact) mass is 1710 g/mol. The van der Waals surface area contributed by atoms with Crippen LogP contribution < -0.4 is 8.92 Å². The first kappa shape index (κ1) is 90.7. The number of aliphatic hydroxyl groups is 3. The number of benzene rings is 8. The third-order valence-electron chi connectivity index (χ3n) is 16.8. The summed E-state index contributed by atoms with van der Waals surface area (Å²) in [5.74, 6) is -1.38. The molecule has 0 saturated heterocycles. The third-order valence-corrected chi connectivity index (χ3v) is 22.2. The molecule has 600 valence electrons. The van der Waals surface area contributed by atoms with Crippen molar-refractivity contribution in [1.82, 2.24) is 0 Å². The number of aldehydes is 1. The minimum atomic E-state index is -4.36. The van der Waals surface area contributed by atoms with E-state index >= 15 is 0 Å². The minimum Gasteiger partial charge on any atom is -0.508 e. The number of fused-ring (bicyclic) bond motifs is 4. The van der Waals surface area contributed by atoms with Crippen LogP contribution in [0.4, 0.5) is 52.7 Å². The second-order valence-electron chi connectivity index (χ2n) is 24.6. The molecule has 0 aliphatic heterocycles. The number of ketones is 4. The van der Waals surface area contributed by atoms with Crippen molar-refractivity contribution in [3.05, 3.63) is 235 Å². The van der Waals surface area contributed by atoms with Gasteiger partial charge < -0.3 is 39.6 Å². The molecule has 17 nitrogen and oxygen atoms in total. The Kier molecular flexibility index (Phi) is 31.6. The first-order chi connectivity index (χ1) is 52.3. The summed E-state index contributed by atoms with van der Waals surface area (Å²) in [5.41, 5.74) is -8.18. The highest BCUT2D eigenvalue weighted by atomic mass is 35.7. The Morgan fingerprint density at radius 2 is 0.857 bits per heavy atom. The molecule has 0 amide bonds. The number of carbonyl (C=O) groups is 5. The zero-order chi connectivity index (χ0) is 83.0. The van der Waals surface area contributed by atoms with E-state index in [4.69, 9.17) is 14.0 Å². The van der Waals surface area contributed by atoms with Crippen molar-refractivity contribution < 1.29 is 133 Å². The Morgan fingerprint density at radius 3 is 1.25 bits per heavy atom. The molecule has 112 heavy (non-hydrogen) atoms. The summed E-state index contributed by atoms with van der Waals surface area (Å²) in [4.78, 5) is 59.5. The molecular weight excluding hydrogens is 1640 g/mol. The standard InChI is InChI=1S/C20H19F3O5S2.C18H13F3O3S.C18H15F3O3S.C10H10O3.C8H5F3OS.C2H5ClO2S/c1-2-30(26,27)28-18-10-17-13(9-15(18)11-24)8-14(19(17)25)7-12-3-5-16(6-4-12)29-20(21,22)23;1-24-16-8-11-7-12(17(23)14(11)9-15(16)22)6-10-2-4-13(5-3-10)25-18(19,20)21;19-18(20,21)25-14-3-1-10(2-4-14)5-12-6-11-7-13(9-22)16(23)8-15(11)17(12)24;11-5-7-3-6-1-2-9(12)8(6)4-10(7)13;9-8(10,11)13-7-3-1-6(5-12)2-4-7;1-2-6(3,4)5/h3-6,9-10,14,24H,2,7-8,11H2,1H3;2-6,8-9,22H,7H2,1H3;1-4,7-8,12,22-23H,5-6,9H2;3-4,11,13H,1-2,5H2;1-5H;2H2,1H3/b;12-6+;;;;. The van der Waals surface area contributed by atoms with E-state index < -0.39 is 53.7 Å². The highest BCUT2D eigenvalue weighted by molar-refractivity contribution is 8.13. The fraction of sp³-hybridized carbons (Fsp3) is 0.276. The van der Waals surface area contributed by atoms with Gasteiger partial charge in [0.05, 0.1) is 38.4 Å². The Labute approximate surface area is 655 Å². The van der Waals surface area contributed by atoms with Crippen molar-refractivity contribution in [3.63, 3.8) is 0 Å². The molecular formula is C76H67ClF12O17S6. The quantitative estimate of drug-likeness (QED) is 0.0116. The Bertz CT molecular complexity index is 4980. The van der Waals surface area contributed by atoms with Gasteiger partial charge in [-0.15, -0.1) is 0 Å². The average molecular weight is 1710 g/mol. The van der Waals surface area contributed by atoms with Gasteiger partial charge in [-0.25, -0.2) is 8.42 Å². The predicted molar refractivity (Wildman–Crippen MR) is 398 cm³/mol. The van der Waals surface area contributed by atoms with Crippen molar-refractivity contribution in [3.8, 4) is 28.7 Å². The summed E-state index contributed by atoms with van der Waals surface area (Å²) < 4.78 is 200. The Morgan fingerprint density at radius 1 is 0.473 bits per heavy atom.